The summed E-state index contributed by atoms with van der Waals surface area (Å²) in [6, 6.07) is 19.4. The van der Waals surface area contributed by atoms with Gasteiger partial charge in [-0.3, -0.25) is 9.59 Å². The van der Waals surface area contributed by atoms with Gasteiger partial charge in [0, 0.05) is 19.1 Å². The van der Waals surface area contributed by atoms with E-state index in [1.807, 2.05) is 60.7 Å². The number of aliphatic carboxylic acids is 1. The second-order valence-corrected chi connectivity index (χ2v) is 7.28. The molecule has 28 heavy (non-hydrogen) atoms. The second-order valence-electron chi connectivity index (χ2n) is 7.28. The number of ether oxygens (including phenoxy) is 1. The molecular weight excluding hydrogens is 354 g/mol. The van der Waals surface area contributed by atoms with Gasteiger partial charge in [0.05, 0.1) is 12.0 Å². The topological polar surface area (TPSA) is 75.6 Å². The summed E-state index contributed by atoms with van der Waals surface area (Å²) < 4.78 is 5.94. The molecule has 1 saturated heterocycles. The predicted octanol–water partition coefficient (Wildman–Crippen LogP) is 3.75. The Morgan fingerprint density at radius 1 is 1.07 bits per heavy atom. The summed E-state index contributed by atoms with van der Waals surface area (Å²) in [5.41, 5.74) is 2.09. The van der Waals surface area contributed by atoms with E-state index in [1.54, 1.807) is 0 Å². The van der Waals surface area contributed by atoms with Crippen molar-refractivity contribution >= 4 is 11.9 Å². The number of carboxylic acids is 1. The summed E-state index contributed by atoms with van der Waals surface area (Å²) in [7, 11) is 0. The molecule has 0 aromatic heterocycles. The van der Waals surface area contributed by atoms with Crippen LogP contribution in [0.2, 0.25) is 0 Å². The van der Waals surface area contributed by atoms with Gasteiger partial charge in [0.25, 0.3) is 0 Å². The SMILES string of the molecule is O=C(O)CCC(Cc1ccccc1)NC(=O)C1CCCOC1c1ccccc1. The van der Waals surface area contributed by atoms with Crippen molar-refractivity contribution in [3.05, 3.63) is 71.8 Å². The number of rotatable bonds is 8. The highest BCUT2D eigenvalue weighted by molar-refractivity contribution is 5.80. The van der Waals surface area contributed by atoms with Crippen LogP contribution in [0.15, 0.2) is 60.7 Å². The van der Waals surface area contributed by atoms with Gasteiger partial charge in [-0.25, -0.2) is 0 Å². The van der Waals surface area contributed by atoms with E-state index in [-0.39, 0.29) is 30.4 Å². The van der Waals surface area contributed by atoms with Crippen molar-refractivity contribution in [1.82, 2.24) is 5.32 Å². The Bertz CT molecular complexity index is 763. The van der Waals surface area contributed by atoms with Crippen LogP contribution in [0.3, 0.4) is 0 Å². The first-order valence-electron chi connectivity index (χ1n) is 9.86. The number of carboxylic acid groups (broad SMARTS) is 1. The smallest absolute Gasteiger partial charge is 0.303 e. The van der Waals surface area contributed by atoms with E-state index < -0.39 is 5.97 Å². The quantitative estimate of drug-likeness (QED) is 0.730. The molecule has 0 aliphatic carbocycles. The molecule has 0 spiro atoms. The molecule has 3 atom stereocenters. The van der Waals surface area contributed by atoms with E-state index in [9.17, 15) is 9.59 Å². The summed E-state index contributed by atoms with van der Waals surface area (Å²) in [5, 5.41) is 12.2. The van der Waals surface area contributed by atoms with E-state index >= 15 is 0 Å². The van der Waals surface area contributed by atoms with Crippen LogP contribution in [0.5, 0.6) is 0 Å². The first-order valence-corrected chi connectivity index (χ1v) is 9.86. The molecule has 2 N–H and O–H groups in total. The van der Waals surface area contributed by atoms with Crippen molar-refractivity contribution < 1.29 is 19.4 Å². The zero-order valence-electron chi connectivity index (χ0n) is 15.9. The zero-order valence-corrected chi connectivity index (χ0v) is 15.9. The molecule has 1 aliphatic rings. The maximum atomic E-state index is 13.1. The van der Waals surface area contributed by atoms with Gasteiger partial charge in [0.15, 0.2) is 0 Å². The average molecular weight is 381 g/mol. The zero-order chi connectivity index (χ0) is 19.8. The molecular formula is C23H27NO4. The van der Waals surface area contributed by atoms with Gasteiger partial charge in [0.2, 0.25) is 5.91 Å². The van der Waals surface area contributed by atoms with E-state index in [4.69, 9.17) is 9.84 Å². The molecule has 1 amide bonds. The van der Waals surface area contributed by atoms with Gasteiger partial charge in [-0.15, -0.1) is 0 Å². The van der Waals surface area contributed by atoms with Crippen LogP contribution < -0.4 is 5.32 Å². The third kappa shape index (κ3) is 5.67. The van der Waals surface area contributed by atoms with Gasteiger partial charge in [0.1, 0.15) is 0 Å². The van der Waals surface area contributed by atoms with Crippen molar-refractivity contribution in [2.75, 3.05) is 6.61 Å². The molecule has 0 radical (unpaired) electrons. The number of amides is 1. The molecule has 1 heterocycles. The Hall–Kier alpha value is -2.66. The van der Waals surface area contributed by atoms with Crippen LogP contribution >= 0.6 is 0 Å². The number of carbonyl (C=O) groups is 2. The molecule has 3 unspecified atom stereocenters. The lowest BCUT2D eigenvalue weighted by atomic mass is 9.88. The summed E-state index contributed by atoms with van der Waals surface area (Å²) in [5.74, 6) is -1.17. The minimum Gasteiger partial charge on any atom is -0.481 e. The van der Waals surface area contributed by atoms with Crippen molar-refractivity contribution in [2.45, 2.75) is 44.2 Å². The predicted molar refractivity (Wildman–Crippen MR) is 107 cm³/mol. The number of nitrogens with one attached hydrogen (secondary N) is 1. The molecule has 5 nitrogen and oxygen atoms in total. The Balaban J connectivity index is 1.70. The minimum absolute atomic E-state index is 0.0288. The fourth-order valence-corrected chi connectivity index (χ4v) is 3.75. The Morgan fingerprint density at radius 2 is 1.75 bits per heavy atom. The van der Waals surface area contributed by atoms with Crippen LogP contribution in [0.4, 0.5) is 0 Å². The van der Waals surface area contributed by atoms with Crippen LogP contribution in [0.25, 0.3) is 0 Å². The largest absolute Gasteiger partial charge is 0.481 e. The van der Waals surface area contributed by atoms with Crippen LogP contribution in [0.1, 0.15) is 42.9 Å². The Labute approximate surface area is 165 Å². The number of carbonyl (C=O) groups excluding carboxylic acids is 1. The lowest BCUT2D eigenvalue weighted by molar-refractivity contribution is -0.139. The third-order valence-electron chi connectivity index (χ3n) is 5.17. The lowest BCUT2D eigenvalue weighted by Gasteiger charge is -2.32. The van der Waals surface area contributed by atoms with Crippen LogP contribution in [-0.4, -0.2) is 29.6 Å². The third-order valence-corrected chi connectivity index (χ3v) is 5.17. The fraction of sp³-hybridized carbons (Fsp3) is 0.391. The highest BCUT2D eigenvalue weighted by Gasteiger charge is 2.34. The highest BCUT2D eigenvalue weighted by Crippen LogP contribution is 2.33. The fourth-order valence-electron chi connectivity index (χ4n) is 3.75. The van der Waals surface area contributed by atoms with Gasteiger partial charge >= 0.3 is 5.97 Å². The normalized spacial score (nSPS) is 20.3. The molecule has 5 heteroatoms. The summed E-state index contributed by atoms with van der Waals surface area (Å²) >= 11 is 0. The summed E-state index contributed by atoms with van der Waals surface area (Å²) in [6.45, 7) is 0.649. The first kappa shape index (κ1) is 20.1. The molecule has 1 fully saturated rings. The average Bonchev–Trinajstić information content (AvgIpc) is 2.73. The molecule has 2 aromatic carbocycles. The minimum atomic E-state index is -0.851. The first-order chi connectivity index (χ1) is 13.6. The Morgan fingerprint density at radius 3 is 2.43 bits per heavy atom. The van der Waals surface area contributed by atoms with Gasteiger partial charge in [-0.2, -0.15) is 0 Å². The van der Waals surface area contributed by atoms with Crippen LogP contribution in [0, 0.1) is 5.92 Å². The van der Waals surface area contributed by atoms with E-state index in [0.29, 0.717) is 19.4 Å². The maximum Gasteiger partial charge on any atom is 0.303 e. The van der Waals surface area contributed by atoms with Crippen LogP contribution in [-0.2, 0) is 20.7 Å². The highest BCUT2D eigenvalue weighted by atomic mass is 16.5. The number of benzene rings is 2. The number of hydrogen-bond acceptors (Lipinski definition) is 3. The summed E-state index contributed by atoms with van der Waals surface area (Å²) in [6.07, 6.45) is 2.40. The van der Waals surface area contributed by atoms with E-state index in [0.717, 1.165) is 24.0 Å². The van der Waals surface area contributed by atoms with E-state index in [1.165, 1.54) is 0 Å². The molecule has 3 rings (SSSR count). The van der Waals surface area contributed by atoms with Crippen molar-refractivity contribution in [3.63, 3.8) is 0 Å². The van der Waals surface area contributed by atoms with Crippen molar-refractivity contribution in [1.29, 1.82) is 0 Å². The second kappa shape index (κ2) is 10.0. The molecule has 0 saturated carbocycles. The standard InChI is InChI=1S/C23H27NO4/c25-21(26)14-13-19(16-17-8-3-1-4-9-17)24-23(27)20-12-7-15-28-22(20)18-10-5-2-6-11-18/h1-6,8-11,19-20,22H,7,12-16H2,(H,24,27)(H,25,26). The monoisotopic (exact) mass is 381 g/mol. The lowest BCUT2D eigenvalue weighted by Crippen LogP contribution is -2.43. The summed E-state index contributed by atoms with van der Waals surface area (Å²) in [4.78, 5) is 24.1. The molecule has 1 aliphatic heterocycles. The van der Waals surface area contributed by atoms with E-state index in [2.05, 4.69) is 5.32 Å². The maximum absolute atomic E-state index is 13.1. The van der Waals surface area contributed by atoms with Gasteiger partial charge in [-0.1, -0.05) is 60.7 Å². The Kier molecular flexibility index (Phi) is 7.20. The molecule has 148 valence electrons. The van der Waals surface area contributed by atoms with Crippen molar-refractivity contribution in [3.8, 4) is 0 Å². The van der Waals surface area contributed by atoms with Gasteiger partial charge in [-0.05, 0) is 36.8 Å². The van der Waals surface area contributed by atoms with Gasteiger partial charge < -0.3 is 15.2 Å². The van der Waals surface area contributed by atoms with Crippen molar-refractivity contribution in [2.24, 2.45) is 5.92 Å². The molecule has 2 aromatic rings. The number of hydrogen-bond donors (Lipinski definition) is 2. The molecule has 0 bridgehead atoms.